The molecule has 7 nitrogen and oxygen atoms in total. The SMILES string of the molecule is CCNC(=NCc1cccnc1N1CCOCC1)N(C)CCOCC1CC1. The number of aromatic nitrogens is 1. The van der Waals surface area contributed by atoms with Gasteiger partial charge in [0.05, 0.1) is 26.4 Å². The van der Waals surface area contributed by atoms with E-state index >= 15 is 0 Å². The molecular formula is C20H33N5O2. The topological polar surface area (TPSA) is 62.2 Å². The summed E-state index contributed by atoms with van der Waals surface area (Å²) in [4.78, 5) is 13.9. The van der Waals surface area contributed by atoms with Crippen LogP contribution in [0.25, 0.3) is 0 Å². The Balaban J connectivity index is 1.58. The van der Waals surface area contributed by atoms with Gasteiger partial charge < -0.3 is 24.6 Å². The summed E-state index contributed by atoms with van der Waals surface area (Å²) in [5, 5.41) is 3.38. The number of anilines is 1. The van der Waals surface area contributed by atoms with E-state index in [1.165, 1.54) is 12.8 Å². The molecule has 7 heteroatoms. The van der Waals surface area contributed by atoms with E-state index in [1.54, 1.807) is 0 Å². The van der Waals surface area contributed by atoms with Crippen molar-refractivity contribution in [1.29, 1.82) is 0 Å². The number of pyridine rings is 1. The van der Waals surface area contributed by atoms with Crippen molar-refractivity contribution in [2.75, 3.05) is 64.6 Å². The van der Waals surface area contributed by atoms with Crippen LogP contribution in [0.1, 0.15) is 25.3 Å². The fourth-order valence-electron chi connectivity index (χ4n) is 3.09. The van der Waals surface area contributed by atoms with Crippen LogP contribution in [0.3, 0.4) is 0 Å². The Bertz CT molecular complexity index is 600. The van der Waals surface area contributed by atoms with Crippen molar-refractivity contribution >= 4 is 11.8 Å². The van der Waals surface area contributed by atoms with Crippen molar-refractivity contribution in [3.8, 4) is 0 Å². The van der Waals surface area contributed by atoms with E-state index in [0.717, 1.165) is 75.9 Å². The highest BCUT2D eigenvalue weighted by Gasteiger charge is 2.21. The molecule has 1 aromatic heterocycles. The Morgan fingerprint density at radius 3 is 2.96 bits per heavy atom. The van der Waals surface area contributed by atoms with Crippen LogP contribution in [-0.4, -0.2) is 75.5 Å². The quantitative estimate of drug-likeness (QED) is 0.403. The summed E-state index contributed by atoms with van der Waals surface area (Å²) in [6.07, 6.45) is 4.51. The number of hydrogen-bond acceptors (Lipinski definition) is 5. The van der Waals surface area contributed by atoms with Crippen molar-refractivity contribution in [2.45, 2.75) is 26.3 Å². The van der Waals surface area contributed by atoms with Crippen LogP contribution in [0.5, 0.6) is 0 Å². The number of likely N-dealkylation sites (N-methyl/N-ethyl adjacent to an activating group) is 1. The lowest BCUT2D eigenvalue weighted by Crippen LogP contribution is -2.40. The highest BCUT2D eigenvalue weighted by molar-refractivity contribution is 5.79. The fourth-order valence-corrected chi connectivity index (χ4v) is 3.09. The molecule has 150 valence electrons. The summed E-state index contributed by atoms with van der Waals surface area (Å²) < 4.78 is 11.2. The number of guanidine groups is 1. The van der Waals surface area contributed by atoms with Gasteiger partial charge in [0.1, 0.15) is 5.82 Å². The Hall–Kier alpha value is -1.86. The normalized spacial score (nSPS) is 17.9. The summed E-state index contributed by atoms with van der Waals surface area (Å²) >= 11 is 0. The molecule has 1 aliphatic heterocycles. The Morgan fingerprint density at radius 1 is 1.41 bits per heavy atom. The Morgan fingerprint density at radius 2 is 2.22 bits per heavy atom. The molecule has 0 spiro atoms. The van der Waals surface area contributed by atoms with Crippen molar-refractivity contribution < 1.29 is 9.47 Å². The number of nitrogens with zero attached hydrogens (tertiary/aromatic N) is 4. The third-order valence-corrected chi connectivity index (χ3v) is 4.90. The predicted octanol–water partition coefficient (Wildman–Crippen LogP) is 1.74. The van der Waals surface area contributed by atoms with Gasteiger partial charge in [-0.15, -0.1) is 0 Å². The molecule has 0 atom stereocenters. The van der Waals surface area contributed by atoms with E-state index in [9.17, 15) is 0 Å². The smallest absolute Gasteiger partial charge is 0.194 e. The molecule has 2 heterocycles. The summed E-state index contributed by atoms with van der Waals surface area (Å²) in [5.74, 6) is 2.74. The maximum absolute atomic E-state index is 5.76. The maximum atomic E-state index is 5.76. The molecule has 2 fully saturated rings. The van der Waals surface area contributed by atoms with Gasteiger partial charge in [-0.1, -0.05) is 6.07 Å². The molecule has 27 heavy (non-hydrogen) atoms. The molecule has 1 N–H and O–H groups in total. The molecule has 1 saturated heterocycles. The first-order valence-electron chi connectivity index (χ1n) is 10.1. The van der Waals surface area contributed by atoms with Crippen LogP contribution in [-0.2, 0) is 16.0 Å². The van der Waals surface area contributed by atoms with Gasteiger partial charge in [0.25, 0.3) is 0 Å². The van der Waals surface area contributed by atoms with E-state index in [2.05, 4.69) is 40.1 Å². The molecule has 0 radical (unpaired) electrons. The third kappa shape index (κ3) is 6.36. The number of hydrogen-bond donors (Lipinski definition) is 1. The molecule has 1 aromatic rings. The number of aliphatic imine (C=N–C) groups is 1. The fraction of sp³-hybridized carbons (Fsp3) is 0.700. The molecule has 1 saturated carbocycles. The van der Waals surface area contributed by atoms with Crippen molar-refractivity contribution in [2.24, 2.45) is 10.9 Å². The molecule has 0 aromatic carbocycles. The van der Waals surface area contributed by atoms with Gasteiger partial charge in [0, 0.05) is 51.6 Å². The zero-order valence-corrected chi connectivity index (χ0v) is 16.7. The summed E-state index contributed by atoms with van der Waals surface area (Å²) in [6, 6.07) is 4.10. The van der Waals surface area contributed by atoms with Gasteiger partial charge in [-0.3, -0.25) is 0 Å². The second kappa shape index (κ2) is 10.5. The lowest BCUT2D eigenvalue weighted by atomic mass is 10.2. The molecule has 1 aliphatic carbocycles. The summed E-state index contributed by atoms with van der Waals surface area (Å²) in [7, 11) is 2.06. The number of morpholine rings is 1. The minimum atomic E-state index is 0.607. The van der Waals surface area contributed by atoms with Gasteiger partial charge in [-0.2, -0.15) is 0 Å². The van der Waals surface area contributed by atoms with Crippen molar-refractivity contribution in [3.05, 3.63) is 23.9 Å². The first-order chi connectivity index (χ1) is 13.3. The first kappa shape index (κ1) is 19.9. The van der Waals surface area contributed by atoms with Gasteiger partial charge in [0.2, 0.25) is 0 Å². The van der Waals surface area contributed by atoms with E-state index in [1.807, 2.05) is 12.3 Å². The van der Waals surface area contributed by atoms with Gasteiger partial charge in [-0.25, -0.2) is 9.98 Å². The van der Waals surface area contributed by atoms with Crippen LogP contribution in [0, 0.1) is 5.92 Å². The van der Waals surface area contributed by atoms with Crippen molar-refractivity contribution in [3.63, 3.8) is 0 Å². The predicted molar refractivity (Wildman–Crippen MR) is 108 cm³/mol. The molecular weight excluding hydrogens is 342 g/mol. The number of ether oxygens (including phenoxy) is 2. The summed E-state index contributed by atoms with van der Waals surface area (Å²) in [6.45, 7) is 9.29. The van der Waals surface area contributed by atoms with Gasteiger partial charge in [0.15, 0.2) is 5.96 Å². The van der Waals surface area contributed by atoms with Crippen LogP contribution >= 0.6 is 0 Å². The average molecular weight is 376 g/mol. The molecule has 0 amide bonds. The van der Waals surface area contributed by atoms with Crippen LogP contribution in [0.2, 0.25) is 0 Å². The number of nitrogens with one attached hydrogen (secondary N) is 1. The minimum absolute atomic E-state index is 0.607. The average Bonchev–Trinajstić information content (AvgIpc) is 3.53. The maximum Gasteiger partial charge on any atom is 0.194 e. The highest BCUT2D eigenvalue weighted by Crippen LogP contribution is 2.28. The second-order valence-corrected chi connectivity index (χ2v) is 7.20. The van der Waals surface area contributed by atoms with Crippen molar-refractivity contribution in [1.82, 2.24) is 15.2 Å². The van der Waals surface area contributed by atoms with E-state index in [4.69, 9.17) is 14.5 Å². The van der Waals surface area contributed by atoms with Crippen LogP contribution < -0.4 is 10.2 Å². The zero-order valence-electron chi connectivity index (χ0n) is 16.7. The Kier molecular flexibility index (Phi) is 7.71. The summed E-state index contributed by atoms with van der Waals surface area (Å²) in [5.41, 5.74) is 1.15. The largest absolute Gasteiger partial charge is 0.379 e. The Labute approximate surface area is 162 Å². The van der Waals surface area contributed by atoms with E-state index in [-0.39, 0.29) is 0 Å². The van der Waals surface area contributed by atoms with Crippen LogP contribution in [0.4, 0.5) is 5.82 Å². The standard InChI is InChI=1S/C20H33N5O2/c1-3-21-20(24(2)9-12-27-16-17-6-7-17)23-15-18-5-4-8-22-19(18)25-10-13-26-14-11-25/h4-5,8,17H,3,6-7,9-16H2,1-2H3,(H,21,23). The molecule has 0 bridgehead atoms. The molecule has 0 unspecified atom stereocenters. The van der Waals surface area contributed by atoms with E-state index < -0.39 is 0 Å². The lowest BCUT2D eigenvalue weighted by molar-refractivity contribution is 0.115. The van der Waals surface area contributed by atoms with E-state index in [0.29, 0.717) is 6.54 Å². The van der Waals surface area contributed by atoms with Gasteiger partial charge in [-0.05, 0) is 31.7 Å². The zero-order chi connectivity index (χ0) is 18.9. The lowest BCUT2D eigenvalue weighted by Gasteiger charge is -2.29. The van der Waals surface area contributed by atoms with Crippen LogP contribution in [0.15, 0.2) is 23.3 Å². The number of rotatable bonds is 9. The molecule has 2 aliphatic rings. The molecule has 3 rings (SSSR count). The van der Waals surface area contributed by atoms with Gasteiger partial charge >= 0.3 is 0 Å². The third-order valence-electron chi connectivity index (χ3n) is 4.90. The highest BCUT2D eigenvalue weighted by atomic mass is 16.5. The first-order valence-corrected chi connectivity index (χ1v) is 10.1. The second-order valence-electron chi connectivity index (χ2n) is 7.20. The monoisotopic (exact) mass is 375 g/mol. The minimum Gasteiger partial charge on any atom is -0.379 e.